The molecular formula is C15H26N2O4. The Morgan fingerprint density at radius 1 is 1.19 bits per heavy atom. The van der Waals surface area contributed by atoms with Crippen LogP contribution in [0.3, 0.4) is 0 Å². The van der Waals surface area contributed by atoms with Gasteiger partial charge in [0.25, 0.3) is 0 Å². The summed E-state index contributed by atoms with van der Waals surface area (Å²) in [6.45, 7) is 3.14. The van der Waals surface area contributed by atoms with E-state index in [0.29, 0.717) is 19.6 Å². The van der Waals surface area contributed by atoms with Crippen molar-refractivity contribution in [1.29, 1.82) is 0 Å². The fourth-order valence-corrected chi connectivity index (χ4v) is 2.57. The minimum atomic E-state index is -0.323. The zero-order valence-corrected chi connectivity index (χ0v) is 13.0. The first-order valence-electron chi connectivity index (χ1n) is 7.70. The topological polar surface area (TPSA) is 75.7 Å². The molecule has 1 fully saturated rings. The second-order valence-electron chi connectivity index (χ2n) is 5.32. The average Bonchev–Trinajstić information content (AvgIpc) is 3.01. The van der Waals surface area contributed by atoms with Crippen molar-refractivity contribution in [2.24, 2.45) is 5.92 Å². The highest BCUT2D eigenvalue weighted by molar-refractivity contribution is 5.81. The van der Waals surface area contributed by atoms with E-state index >= 15 is 0 Å². The maximum absolute atomic E-state index is 12.0. The molecule has 1 saturated carbocycles. The third-order valence-corrected chi connectivity index (χ3v) is 3.91. The first-order chi connectivity index (χ1) is 10.1. The van der Waals surface area contributed by atoms with Gasteiger partial charge in [-0.25, -0.2) is 0 Å². The van der Waals surface area contributed by atoms with E-state index in [1.165, 1.54) is 7.11 Å². The first kappa shape index (κ1) is 17.5. The third-order valence-electron chi connectivity index (χ3n) is 3.91. The molecular weight excluding hydrogens is 272 g/mol. The summed E-state index contributed by atoms with van der Waals surface area (Å²) in [6.07, 6.45) is 4.63. The molecule has 6 heteroatoms. The predicted octanol–water partition coefficient (Wildman–Crippen LogP) is 1.09. The molecule has 1 N–H and O–H groups in total. The van der Waals surface area contributed by atoms with Crippen LogP contribution in [0.2, 0.25) is 0 Å². The second-order valence-corrected chi connectivity index (χ2v) is 5.32. The lowest BCUT2D eigenvalue weighted by molar-refractivity contribution is -0.141. The molecule has 0 aromatic carbocycles. The van der Waals surface area contributed by atoms with Crippen LogP contribution in [0.1, 0.15) is 45.4 Å². The van der Waals surface area contributed by atoms with Gasteiger partial charge in [-0.05, 0) is 19.8 Å². The van der Waals surface area contributed by atoms with E-state index in [-0.39, 0.29) is 36.5 Å². The van der Waals surface area contributed by atoms with Crippen molar-refractivity contribution < 1.29 is 19.1 Å². The fourth-order valence-electron chi connectivity index (χ4n) is 2.57. The van der Waals surface area contributed by atoms with Crippen molar-refractivity contribution in [2.45, 2.75) is 45.4 Å². The van der Waals surface area contributed by atoms with Crippen LogP contribution in [-0.2, 0) is 19.1 Å². The molecule has 0 atom stereocenters. The smallest absolute Gasteiger partial charge is 0.307 e. The zero-order chi connectivity index (χ0) is 15.7. The minimum Gasteiger partial charge on any atom is -0.469 e. The molecule has 6 nitrogen and oxygen atoms in total. The van der Waals surface area contributed by atoms with Crippen molar-refractivity contribution in [3.8, 4) is 0 Å². The summed E-state index contributed by atoms with van der Waals surface area (Å²) in [5.41, 5.74) is 0. The predicted molar refractivity (Wildman–Crippen MR) is 78.5 cm³/mol. The number of hydrogen-bond donors (Lipinski definition) is 1. The number of ether oxygens (including phenoxy) is 1. The van der Waals surface area contributed by atoms with Gasteiger partial charge < -0.3 is 15.0 Å². The van der Waals surface area contributed by atoms with Crippen LogP contribution >= 0.6 is 0 Å². The summed E-state index contributed by atoms with van der Waals surface area (Å²) in [7, 11) is 1.33. The molecule has 0 unspecified atom stereocenters. The fraction of sp³-hybridized carbons (Fsp3) is 0.800. The monoisotopic (exact) mass is 298 g/mol. The van der Waals surface area contributed by atoms with Gasteiger partial charge in [0.1, 0.15) is 0 Å². The van der Waals surface area contributed by atoms with Gasteiger partial charge in [0.2, 0.25) is 11.8 Å². The van der Waals surface area contributed by atoms with E-state index < -0.39 is 0 Å². The second kappa shape index (κ2) is 9.37. The Morgan fingerprint density at radius 3 is 2.43 bits per heavy atom. The van der Waals surface area contributed by atoms with Crippen LogP contribution in [0, 0.1) is 5.92 Å². The standard InChI is InChI=1S/C15H26N2O4/c1-3-17(11-9-14(19)21-2)13(18)8-10-16-15(20)12-6-4-5-7-12/h12H,3-11H2,1-2H3,(H,16,20). The summed E-state index contributed by atoms with van der Waals surface area (Å²) in [4.78, 5) is 36.5. The molecule has 21 heavy (non-hydrogen) atoms. The molecule has 120 valence electrons. The van der Waals surface area contributed by atoms with Crippen molar-refractivity contribution in [3.63, 3.8) is 0 Å². The number of nitrogens with one attached hydrogen (secondary N) is 1. The Labute approximate surface area is 126 Å². The number of nitrogens with zero attached hydrogens (tertiary/aromatic N) is 1. The van der Waals surface area contributed by atoms with E-state index in [4.69, 9.17) is 0 Å². The Hall–Kier alpha value is -1.59. The molecule has 2 amide bonds. The van der Waals surface area contributed by atoms with Crippen molar-refractivity contribution >= 4 is 17.8 Å². The number of hydrogen-bond acceptors (Lipinski definition) is 4. The van der Waals surface area contributed by atoms with Gasteiger partial charge in [0, 0.05) is 32.0 Å². The molecule has 0 spiro atoms. The number of carbonyl (C=O) groups excluding carboxylic acids is 3. The molecule has 0 bridgehead atoms. The zero-order valence-electron chi connectivity index (χ0n) is 13.0. The molecule has 0 radical (unpaired) electrons. The number of carbonyl (C=O) groups is 3. The summed E-state index contributed by atoms with van der Waals surface area (Å²) in [6, 6.07) is 0. The van der Waals surface area contributed by atoms with Crippen molar-refractivity contribution in [3.05, 3.63) is 0 Å². The van der Waals surface area contributed by atoms with Gasteiger partial charge in [0.05, 0.1) is 13.5 Å². The van der Waals surface area contributed by atoms with E-state index in [2.05, 4.69) is 10.1 Å². The molecule has 1 aliphatic carbocycles. The van der Waals surface area contributed by atoms with Crippen molar-refractivity contribution in [2.75, 3.05) is 26.7 Å². The van der Waals surface area contributed by atoms with E-state index in [1.54, 1.807) is 4.90 Å². The average molecular weight is 298 g/mol. The summed E-state index contributed by atoms with van der Waals surface area (Å²) in [5.74, 6) is -0.177. The van der Waals surface area contributed by atoms with Gasteiger partial charge in [-0.15, -0.1) is 0 Å². The molecule has 0 saturated heterocycles. The number of amides is 2. The normalized spacial score (nSPS) is 14.8. The molecule has 0 aromatic rings. The van der Waals surface area contributed by atoms with Crippen molar-refractivity contribution in [1.82, 2.24) is 10.2 Å². The van der Waals surface area contributed by atoms with E-state index in [1.807, 2.05) is 6.92 Å². The lowest BCUT2D eigenvalue weighted by atomic mass is 10.1. The Bertz CT molecular complexity index is 365. The Kier molecular flexibility index (Phi) is 7.79. The Morgan fingerprint density at radius 2 is 1.86 bits per heavy atom. The number of methoxy groups -OCH3 is 1. The third kappa shape index (κ3) is 6.14. The number of rotatable bonds is 8. The summed E-state index contributed by atoms with van der Waals surface area (Å²) < 4.78 is 4.56. The highest BCUT2D eigenvalue weighted by Gasteiger charge is 2.22. The molecule has 1 rings (SSSR count). The summed E-state index contributed by atoms with van der Waals surface area (Å²) in [5, 5.41) is 2.83. The first-order valence-corrected chi connectivity index (χ1v) is 7.70. The van der Waals surface area contributed by atoms with Gasteiger partial charge in [-0.2, -0.15) is 0 Å². The minimum absolute atomic E-state index is 0.0480. The quantitative estimate of drug-likeness (QED) is 0.681. The van der Waals surface area contributed by atoms with Crippen LogP contribution in [0.4, 0.5) is 0 Å². The lowest BCUT2D eigenvalue weighted by Crippen LogP contribution is -2.37. The lowest BCUT2D eigenvalue weighted by Gasteiger charge is -2.20. The SMILES string of the molecule is CCN(CCC(=O)OC)C(=O)CCNC(=O)C1CCCC1. The van der Waals surface area contributed by atoms with Gasteiger partial charge >= 0.3 is 5.97 Å². The van der Waals surface area contributed by atoms with Gasteiger partial charge in [-0.3, -0.25) is 14.4 Å². The molecule has 0 aromatic heterocycles. The van der Waals surface area contributed by atoms with Crippen LogP contribution in [0.5, 0.6) is 0 Å². The van der Waals surface area contributed by atoms with E-state index in [9.17, 15) is 14.4 Å². The van der Waals surface area contributed by atoms with Crippen LogP contribution in [0.15, 0.2) is 0 Å². The molecule has 1 aliphatic rings. The highest BCUT2D eigenvalue weighted by atomic mass is 16.5. The maximum atomic E-state index is 12.0. The maximum Gasteiger partial charge on any atom is 0.307 e. The molecule has 0 heterocycles. The van der Waals surface area contributed by atoms with Gasteiger partial charge in [-0.1, -0.05) is 12.8 Å². The Balaban J connectivity index is 2.23. The van der Waals surface area contributed by atoms with Crippen LogP contribution in [0.25, 0.3) is 0 Å². The largest absolute Gasteiger partial charge is 0.469 e. The highest BCUT2D eigenvalue weighted by Crippen LogP contribution is 2.24. The van der Waals surface area contributed by atoms with Crippen LogP contribution < -0.4 is 5.32 Å². The van der Waals surface area contributed by atoms with Gasteiger partial charge in [0.15, 0.2) is 0 Å². The number of esters is 1. The van der Waals surface area contributed by atoms with E-state index in [0.717, 1.165) is 25.7 Å². The molecule has 0 aliphatic heterocycles. The van der Waals surface area contributed by atoms with Crippen LogP contribution in [-0.4, -0.2) is 49.4 Å². The summed E-state index contributed by atoms with van der Waals surface area (Å²) >= 11 is 0.